The number of hydrogen-bond donors (Lipinski definition) is 1. The molecule has 3 rings (SSSR count). The smallest absolute Gasteiger partial charge is 0.0632 e. The number of aromatic amines is 1. The van der Waals surface area contributed by atoms with E-state index in [0.717, 1.165) is 17.8 Å². The molecule has 1 aliphatic rings. The molecule has 0 bridgehead atoms. The largest absolute Gasteiger partial charge is 0.361 e. The molecule has 4 heteroatoms. The second-order valence-electron chi connectivity index (χ2n) is 4.46. The Balaban J connectivity index is 2.03. The molecular formula is C14H16N4. The van der Waals surface area contributed by atoms with Crippen LogP contribution in [0, 0.1) is 0 Å². The van der Waals surface area contributed by atoms with Gasteiger partial charge in [-0.15, -0.1) is 0 Å². The highest BCUT2D eigenvalue weighted by Crippen LogP contribution is 2.27. The van der Waals surface area contributed by atoms with Crippen molar-refractivity contribution in [2.45, 2.75) is 19.8 Å². The lowest BCUT2D eigenvalue weighted by atomic mass is 9.95. The number of nitrogens with one attached hydrogen (secondary N) is 1. The van der Waals surface area contributed by atoms with E-state index in [9.17, 15) is 0 Å². The van der Waals surface area contributed by atoms with Gasteiger partial charge in [0.15, 0.2) is 0 Å². The van der Waals surface area contributed by atoms with E-state index in [0.29, 0.717) is 0 Å². The molecule has 0 saturated carbocycles. The van der Waals surface area contributed by atoms with Crippen molar-refractivity contribution in [1.29, 1.82) is 0 Å². The lowest BCUT2D eigenvalue weighted by Gasteiger charge is -2.21. The van der Waals surface area contributed by atoms with Crippen LogP contribution in [0.5, 0.6) is 0 Å². The third-order valence-electron chi connectivity index (χ3n) is 3.31. The fourth-order valence-electron chi connectivity index (χ4n) is 2.33. The average Bonchev–Trinajstić information content (AvgIpc) is 2.82. The minimum absolute atomic E-state index is 0.170. The third-order valence-corrected chi connectivity index (χ3v) is 3.31. The highest BCUT2D eigenvalue weighted by Gasteiger charge is 2.20. The third kappa shape index (κ3) is 1.70. The molecule has 0 fully saturated rings. The Labute approximate surface area is 106 Å². The summed E-state index contributed by atoms with van der Waals surface area (Å²) in [6, 6.07) is 8.32. The highest BCUT2D eigenvalue weighted by atomic mass is 15.7. The number of rotatable bonds is 2. The van der Waals surface area contributed by atoms with Gasteiger partial charge in [0.1, 0.15) is 0 Å². The molecular weight excluding hydrogens is 224 g/mol. The average molecular weight is 240 g/mol. The van der Waals surface area contributed by atoms with Crippen LogP contribution >= 0.6 is 0 Å². The Morgan fingerprint density at radius 2 is 2.17 bits per heavy atom. The molecule has 0 amide bonds. The van der Waals surface area contributed by atoms with Crippen molar-refractivity contribution >= 4 is 22.8 Å². The first kappa shape index (κ1) is 11.0. The summed E-state index contributed by atoms with van der Waals surface area (Å²) in [5, 5.41) is 11.8. The van der Waals surface area contributed by atoms with Crippen molar-refractivity contribution in [2.24, 2.45) is 10.2 Å². The molecule has 4 nitrogen and oxygen atoms in total. The summed E-state index contributed by atoms with van der Waals surface area (Å²) in [6.07, 6.45) is 4.03. The van der Waals surface area contributed by atoms with Crippen LogP contribution in [0.4, 0.5) is 0 Å². The molecule has 18 heavy (non-hydrogen) atoms. The second-order valence-corrected chi connectivity index (χ2v) is 4.46. The van der Waals surface area contributed by atoms with Gasteiger partial charge in [0.2, 0.25) is 0 Å². The Morgan fingerprint density at radius 3 is 2.94 bits per heavy atom. The summed E-state index contributed by atoms with van der Waals surface area (Å²) in [4.78, 5) is 3.30. The van der Waals surface area contributed by atoms with Crippen molar-refractivity contribution in [1.82, 2.24) is 10.1 Å². The van der Waals surface area contributed by atoms with E-state index in [1.807, 2.05) is 19.2 Å². The number of benzene rings is 1. The van der Waals surface area contributed by atoms with Gasteiger partial charge in [0, 0.05) is 23.3 Å². The lowest BCUT2D eigenvalue weighted by Crippen LogP contribution is -2.23. The van der Waals surface area contributed by atoms with E-state index in [2.05, 4.69) is 46.5 Å². The van der Waals surface area contributed by atoms with Crippen LogP contribution in [0.3, 0.4) is 0 Å². The number of H-pyrrole nitrogens is 1. The minimum Gasteiger partial charge on any atom is -0.361 e. The van der Waals surface area contributed by atoms with E-state index in [-0.39, 0.29) is 5.92 Å². The van der Waals surface area contributed by atoms with Crippen LogP contribution in [0.15, 0.2) is 40.7 Å². The molecule has 92 valence electrons. The number of fused-ring (bicyclic) bond motifs is 1. The monoisotopic (exact) mass is 240 g/mol. The molecule has 1 aliphatic heterocycles. The first-order valence-corrected chi connectivity index (χ1v) is 6.22. The van der Waals surface area contributed by atoms with E-state index < -0.39 is 0 Å². The van der Waals surface area contributed by atoms with Gasteiger partial charge in [-0.05, 0) is 25.5 Å². The van der Waals surface area contributed by atoms with Gasteiger partial charge in [-0.25, -0.2) is 0 Å². The molecule has 1 aromatic heterocycles. The zero-order valence-electron chi connectivity index (χ0n) is 10.6. The molecule has 0 aliphatic carbocycles. The number of hydrazone groups is 2. The van der Waals surface area contributed by atoms with Gasteiger partial charge >= 0.3 is 0 Å². The molecule has 0 radical (unpaired) electrons. The Morgan fingerprint density at radius 1 is 1.33 bits per heavy atom. The van der Waals surface area contributed by atoms with Gasteiger partial charge < -0.3 is 4.98 Å². The van der Waals surface area contributed by atoms with Gasteiger partial charge in [0.25, 0.3) is 0 Å². The Hall–Kier alpha value is -2.10. The molecule has 1 N–H and O–H groups in total. The van der Waals surface area contributed by atoms with Crippen molar-refractivity contribution in [2.75, 3.05) is 6.54 Å². The van der Waals surface area contributed by atoms with Crippen molar-refractivity contribution < 1.29 is 0 Å². The highest BCUT2D eigenvalue weighted by molar-refractivity contribution is 6.06. The molecule has 1 atom stereocenters. The Kier molecular flexibility index (Phi) is 2.63. The number of aromatic nitrogens is 1. The van der Waals surface area contributed by atoms with E-state index in [4.69, 9.17) is 0 Å². The summed E-state index contributed by atoms with van der Waals surface area (Å²) < 4.78 is 0. The summed E-state index contributed by atoms with van der Waals surface area (Å²) in [5.41, 5.74) is 3.48. The molecule has 0 saturated heterocycles. The van der Waals surface area contributed by atoms with Crippen molar-refractivity contribution in [3.05, 3.63) is 36.0 Å². The summed E-state index contributed by atoms with van der Waals surface area (Å²) in [5.74, 6) is 0.170. The molecule has 1 unspecified atom stereocenters. The predicted octanol–water partition coefficient (Wildman–Crippen LogP) is 2.95. The van der Waals surface area contributed by atoms with Crippen LogP contribution in [-0.2, 0) is 0 Å². The standard InChI is InChI=1S/C14H16N4/c1-3-18-16-9-12(10(2)17-18)13-8-15-14-7-5-4-6-11(13)14/h4-9,12,15H,3H2,1-2H3. The zero-order chi connectivity index (χ0) is 12.5. The molecule has 0 spiro atoms. The second kappa shape index (κ2) is 4.29. The van der Waals surface area contributed by atoms with Gasteiger partial charge in [-0.2, -0.15) is 15.3 Å². The SMILES string of the molecule is CCN1N=CC(c2c[nH]c3ccccc23)C(C)=N1. The summed E-state index contributed by atoms with van der Waals surface area (Å²) >= 11 is 0. The van der Waals surface area contributed by atoms with E-state index in [1.165, 1.54) is 10.9 Å². The van der Waals surface area contributed by atoms with Crippen LogP contribution in [0.1, 0.15) is 25.3 Å². The normalized spacial score (nSPS) is 19.3. The number of nitrogens with zero attached hydrogens (tertiary/aromatic N) is 3. The fraction of sp³-hybridized carbons (Fsp3) is 0.286. The van der Waals surface area contributed by atoms with Crippen LogP contribution < -0.4 is 0 Å². The van der Waals surface area contributed by atoms with Gasteiger partial charge in [0.05, 0.1) is 18.2 Å². The molecule has 1 aromatic carbocycles. The molecule has 2 heterocycles. The van der Waals surface area contributed by atoms with Crippen LogP contribution in [-0.4, -0.2) is 28.6 Å². The zero-order valence-corrected chi connectivity index (χ0v) is 10.6. The van der Waals surface area contributed by atoms with Crippen LogP contribution in [0.25, 0.3) is 10.9 Å². The minimum atomic E-state index is 0.170. The summed E-state index contributed by atoms with van der Waals surface area (Å²) in [7, 11) is 0. The van der Waals surface area contributed by atoms with Gasteiger partial charge in [-0.3, -0.25) is 0 Å². The lowest BCUT2D eigenvalue weighted by molar-refractivity contribution is 0.317. The van der Waals surface area contributed by atoms with Crippen LogP contribution in [0.2, 0.25) is 0 Å². The van der Waals surface area contributed by atoms with Crippen molar-refractivity contribution in [3.63, 3.8) is 0 Å². The Bertz CT molecular complexity index is 624. The topological polar surface area (TPSA) is 43.8 Å². The molecule has 2 aromatic rings. The van der Waals surface area contributed by atoms with E-state index >= 15 is 0 Å². The van der Waals surface area contributed by atoms with Gasteiger partial charge in [-0.1, -0.05) is 18.2 Å². The predicted molar refractivity (Wildman–Crippen MR) is 75.0 cm³/mol. The quantitative estimate of drug-likeness (QED) is 0.861. The maximum atomic E-state index is 4.48. The maximum absolute atomic E-state index is 4.48. The van der Waals surface area contributed by atoms with E-state index in [1.54, 1.807) is 5.12 Å². The summed E-state index contributed by atoms with van der Waals surface area (Å²) in [6.45, 7) is 4.90. The first-order valence-electron chi connectivity index (χ1n) is 6.22. The number of hydrogen-bond acceptors (Lipinski definition) is 3. The maximum Gasteiger partial charge on any atom is 0.0632 e. The first-order chi connectivity index (χ1) is 8.79. The fourth-order valence-corrected chi connectivity index (χ4v) is 2.33. The number of para-hydroxylation sites is 1. The van der Waals surface area contributed by atoms with Crippen molar-refractivity contribution in [3.8, 4) is 0 Å².